The van der Waals surface area contributed by atoms with Crippen molar-refractivity contribution in [1.82, 2.24) is 4.90 Å². The Labute approximate surface area is 147 Å². The van der Waals surface area contributed by atoms with Gasteiger partial charge in [-0.05, 0) is 49.9 Å². The van der Waals surface area contributed by atoms with Crippen molar-refractivity contribution in [1.29, 1.82) is 0 Å². The molecule has 1 aliphatic heterocycles. The predicted octanol–water partition coefficient (Wildman–Crippen LogP) is 2.62. The summed E-state index contributed by atoms with van der Waals surface area (Å²) >= 11 is 0. The third kappa shape index (κ3) is 5.74. The first-order chi connectivity index (χ1) is 12.0. The number of nitrogens with zero attached hydrogens (tertiary/aromatic N) is 1. The van der Waals surface area contributed by atoms with Gasteiger partial charge in [0.05, 0.1) is 6.61 Å². The Morgan fingerprint density at radius 1 is 1.16 bits per heavy atom. The zero-order valence-electron chi connectivity index (χ0n) is 14.7. The number of esters is 1. The number of carbonyl (C=O) groups excluding carboxylic acids is 3. The van der Waals surface area contributed by atoms with Crippen LogP contribution in [0.25, 0.3) is 0 Å². The summed E-state index contributed by atoms with van der Waals surface area (Å²) in [6.45, 7) is 5.74. The number of nitrogens with one attached hydrogen (secondary N) is 1. The molecule has 2 amide bonds. The van der Waals surface area contributed by atoms with E-state index in [4.69, 9.17) is 4.74 Å². The summed E-state index contributed by atoms with van der Waals surface area (Å²) in [5.74, 6) is -0.303. The number of benzene rings is 1. The molecule has 134 valence electrons. The van der Waals surface area contributed by atoms with Crippen molar-refractivity contribution in [2.24, 2.45) is 5.92 Å². The maximum atomic E-state index is 12.5. The minimum atomic E-state index is -0.561. The minimum absolute atomic E-state index is 0.0204. The van der Waals surface area contributed by atoms with Crippen molar-refractivity contribution < 1.29 is 19.1 Å². The molecule has 6 heteroatoms. The van der Waals surface area contributed by atoms with Crippen LogP contribution in [0.15, 0.2) is 36.4 Å². The van der Waals surface area contributed by atoms with Crippen LogP contribution in [0.2, 0.25) is 0 Å². The van der Waals surface area contributed by atoms with Crippen LogP contribution < -0.4 is 5.32 Å². The Morgan fingerprint density at radius 2 is 1.80 bits per heavy atom. The lowest BCUT2D eigenvalue weighted by molar-refractivity contribution is -0.137. The molecular weight excluding hydrogens is 320 g/mol. The fourth-order valence-corrected chi connectivity index (χ4v) is 2.61. The molecule has 25 heavy (non-hydrogen) atoms. The van der Waals surface area contributed by atoms with Gasteiger partial charge in [-0.2, -0.15) is 0 Å². The second-order valence-electron chi connectivity index (χ2n) is 6.13. The second-order valence-corrected chi connectivity index (χ2v) is 6.13. The van der Waals surface area contributed by atoms with Crippen molar-refractivity contribution in [3.8, 4) is 0 Å². The summed E-state index contributed by atoms with van der Waals surface area (Å²) in [5, 5.41) is 2.63. The Morgan fingerprint density at radius 3 is 2.40 bits per heavy atom. The van der Waals surface area contributed by atoms with Crippen molar-refractivity contribution in [3.63, 3.8) is 0 Å². The van der Waals surface area contributed by atoms with E-state index in [1.807, 2.05) is 4.90 Å². The molecule has 0 saturated carbocycles. The third-order valence-electron chi connectivity index (χ3n) is 4.13. The Bertz CT molecular complexity index is 644. The fraction of sp³-hybridized carbons (Fsp3) is 0.421. The lowest BCUT2D eigenvalue weighted by Gasteiger charge is -2.30. The van der Waals surface area contributed by atoms with Gasteiger partial charge in [-0.25, -0.2) is 4.79 Å². The first kappa shape index (κ1) is 18.7. The van der Waals surface area contributed by atoms with Gasteiger partial charge >= 0.3 is 5.97 Å². The molecule has 0 aliphatic carbocycles. The highest BCUT2D eigenvalue weighted by atomic mass is 16.5. The largest absolute Gasteiger partial charge is 0.463 e. The van der Waals surface area contributed by atoms with Gasteiger partial charge in [-0.1, -0.05) is 6.92 Å². The molecule has 1 heterocycles. The maximum absolute atomic E-state index is 12.5. The summed E-state index contributed by atoms with van der Waals surface area (Å²) in [5.41, 5.74) is 1.16. The van der Waals surface area contributed by atoms with E-state index < -0.39 is 11.9 Å². The van der Waals surface area contributed by atoms with Gasteiger partial charge in [-0.15, -0.1) is 0 Å². The van der Waals surface area contributed by atoms with Crippen LogP contribution >= 0.6 is 0 Å². The Kier molecular flexibility index (Phi) is 6.74. The van der Waals surface area contributed by atoms with E-state index in [1.165, 1.54) is 0 Å². The smallest absolute Gasteiger partial charge is 0.330 e. The number of hydrogen-bond donors (Lipinski definition) is 1. The van der Waals surface area contributed by atoms with Gasteiger partial charge < -0.3 is 15.0 Å². The van der Waals surface area contributed by atoms with E-state index >= 15 is 0 Å². The van der Waals surface area contributed by atoms with Crippen molar-refractivity contribution in [3.05, 3.63) is 42.0 Å². The van der Waals surface area contributed by atoms with E-state index in [0.717, 1.165) is 38.1 Å². The topological polar surface area (TPSA) is 75.7 Å². The predicted molar refractivity (Wildman–Crippen MR) is 95.1 cm³/mol. The van der Waals surface area contributed by atoms with E-state index in [9.17, 15) is 14.4 Å². The lowest BCUT2D eigenvalue weighted by Crippen LogP contribution is -2.37. The summed E-state index contributed by atoms with van der Waals surface area (Å²) in [6.07, 6.45) is 4.26. The molecule has 1 aliphatic rings. The normalized spacial score (nSPS) is 15.2. The van der Waals surface area contributed by atoms with Gasteiger partial charge in [-0.3, -0.25) is 9.59 Å². The molecule has 1 fully saturated rings. The van der Waals surface area contributed by atoms with Crippen LogP contribution in [-0.2, 0) is 14.3 Å². The number of amides is 2. The van der Waals surface area contributed by atoms with Gasteiger partial charge in [0, 0.05) is 36.5 Å². The van der Waals surface area contributed by atoms with Crippen LogP contribution in [0.3, 0.4) is 0 Å². The summed E-state index contributed by atoms with van der Waals surface area (Å²) in [4.78, 5) is 37.2. The molecule has 1 saturated heterocycles. The molecular formula is C19H24N2O4. The first-order valence-electron chi connectivity index (χ1n) is 8.54. The van der Waals surface area contributed by atoms with Crippen molar-refractivity contribution in [2.75, 3.05) is 25.0 Å². The zero-order chi connectivity index (χ0) is 18.2. The van der Waals surface area contributed by atoms with Crippen molar-refractivity contribution in [2.45, 2.75) is 26.7 Å². The molecule has 0 spiro atoms. The number of rotatable bonds is 5. The number of anilines is 1. The van der Waals surface area contributed by atoms with E-state index in [2.05, 4.69) is 12.2 Å². The average Bonchev–Trinajstić information content (AvgIpc) is 2.61. The van der Waals surface area contributed by atoms with Gasteiger partial charge in [0.2, 0.25) is 5.91 Å². The van der Waals surface area contributed by atoms with Crippen LogP contribution in [0.5, 0.6) is 0 Å². The third-order valence-corrected chi connectivity index (χ3v) is 4.13. The highest BCUT2D eigenvalue weighted by Crippen LogP contribution is 2.19. The molecule has 0 radical (unpaired) electrons. The van der Waals surface area contributed by atoms with Crippen LogP contribution in [0, 0.1) is 5.92 Å². The standard InChI is InChI=1S/C19H24N2O4/c1-3-25-18(23)9-8-17(22)20-16-6-4-15(5-7-16)19(24)21-12-10-14(2)11-13-21/h4-9,14H,3,10-13H2,1-2H3,(H,20,22)/b9-8+. The van der Waals surface area contributed by atoms with Crippen LogP contribution in [0.1, 0.15) is 37.0 Å². The zero-order valence-corrected chi connectivity index (χ0v) is 14.7. The van der Waals surface area contributed by atoms with E-state index in [0.29, 0.717) is 17.2 Å². The average molecular weight is 344 g/mol. The highest BCUT2D eigenvalue weighted by molar-refractivity contribution is 6.03. The van der Waals surface area contributed by atoms with Crippen LogP contribution in [0.4, 0.5) is 5.69 Å². The number of hydrogen-bond acceptors (Lipinski definition) is 4. The van der Waals surface area contributed by atoms with E-state index in [-0.39, 0.29) is 12.5 Å². The number of ether oxygens (including phenoxy) is 1. The number of carbonyl (C=O) groups is 3. The quantitative estimate of drug-likeness (QED) is 0.658. The van der Waals surface area contributed by atoms with Crippen molar-refractivity contribution >= 4 is 23.5 Å². The second kappa shape index (κ2) is 9.01. The molecule has 0 aromatic heterocycles. The summed E-state index contributed by atoms with van der Waals surface area (Å²) in [6, 6.07) is 6.75. The fourth-order valence-electron chi connectivity index (χ4n) is 2.61. The maximum Gasteiger partial charge on any atom is 0.330 e. The van der Waals surface area contributed by atoms with Crippen LogP contribution in [-0.4, -0.2) is 42.4 Å². The Hall–Kier alpha value is -2.63. The Balaban J connectivity index is 1.90. The van der Waals surface area contributed by atoms with Gasteiger partial charge in [0.15, 0.2) is 0 Å². The number of piperidine rings is 1. The number of likely N-dealkylation sites (tertiary alicyclic amines) is 1. The molecule has 1 aromatic carbocycles. The summed E-state index contributed by atoms with van der Waals surface area (Å²) in [7, 11) is 0. The molecule has 2 rings (SSSR count). The summed E-state index contributed by atoms with van der Waals surface area (Å²) < 4.78 is 4.70. The lowest BCUT2D eigenvalue weighted by atomic mass is 9.98. The molecule has 1 aromatic rings. The SMILES string of the molecule is CCOC(=O)/C=C/C(=O)Nc1ccc(C(=O)N2CCC(C)CC2)cc1. The molecule has 1 N–H and O–H groups in total. The molecule has 0 bridgehead atoms. The molecule has 0 atom stereocenters. The minimum Gasteiger partial charge on any atom is -0.463 e. The van der Waals surface area contributed by atoms with Gasteiger partial charge in [0.25, 0.3) is 5.91 Å². The first-order valence-corrected chi connectivity index (χ1v) is 8.54. The van der Waals surface area contributed by atoms with E-state index in [1.54, 1.807) is 31.2 Å². The molecule has 0 unspecified atom stereocenters. The monoisotopic (exact) mass is 344 g/mol. The molecule has 6 nitrogen and oxygen atoms in total. The highest BCUT2D eigenvalue weighted by Gasteiger charge is 2.21. The van der Waals surface area contributed by atoms with Gasteiger partial charge in [0.1, 0.15) is 0 Å².